The van der Waals surface area contributed by atoms with Gasteiger partial charge in [0.2, 0.25) is 0 Å². The highest BCUT2D eigenvalue weighted by molar-refractivity contribution is 7.98. The summed E-state index contributed by atoms with van der Waals surface area (Å²) in [4.78, 5) is 0. The van der Waals surface area contributed by atoms with Crippen molar-refractivity contribution >= 4 is 11.8 Å². The third kappa shape index (κ3) is 1.85. The van der Waals surface area contributed by atoms with Crippen molar-refractivity contribution in [3.05, 3.63) is 0 Å². The molecule has 1 N–H and O–H groups in total. The zero-order chi connectivity index (χ0) is 6.69. The van der Waals surface area contributed by atoms with Crippen molar-refractivity contribution in [2.45, 2.75) is 6.10 Å². The van der Waals surface area contributed by atoms with E-state index in [2.05, 4.69) is 11.6 Å². The summed E-state index contributed by atoms with van der Waals surface area (Å²) in [7, 11) is 0. The summed E-state index contributed by atoms with van der Waals surface area (Å²) in [5.41, 5.74) is 0. The van der Waals surface area contributed by atoms with Crippen molar-refractivity contribution in [1.82, 2.24) is 5.32 Å². The summed E-state index contributed by atoms with van der Waals surface area (Å²) in [5, 5.41) is 13.3. The highest BCUT2D eigenvalue weighted by atomic mass is 32.2. The van der Waals surface area contributed by atoms with E-state index in [1.807, 2.05) is 0 Å². The summed E-state index contributed by atoms with van der Waals surface area (Å²) in [5.74, 6) is 1.48. The molecule has 1 aliphatic heterocycles. The number of rotatable bonds is 2. The van der Waals surface area contributed by atoms with Gasteiger partial charge in [-0.25, -0.2) is 5.32 Å². The van der Waals surface area contributed by atoms with Gasteiger partial charge < -0.3 is 5.11 Å². The molecule has 1 rings (SSSR count). The number of thioether (sulfide) groups is 1. The molecule has 0 aromatic rings. The van der Waals surface area contributed by atoms with E-state index in [1.165, 1.54) is 0 Å². The van der Waals surface area contributed by atoms with Gasteiger partial charge in [0.05, 0.1) is 6.10 Å². The van der Waals surface area contributed by atoms with Crippen LogP contribution in [0.3, 0.4) is 0 Å². The Kier molecular flexibility index (Phi) is 2.82. The van der Waals surface area contributed by atoms with E-state index in [0.717, 1.165) is 12.3 Å². The van der Waals surface area contributed by atoms with Crippen LogP contribution in [-0.2, 0) is 0 Å². The van der Waals surface area contributed by atoms with Crippen LogP contribution in [0.4, 0.5) is 0 Å². The molecule has 0 aliphatic carbocycles. The molecule has 1 radical (unpaired) electrons. The van der Waals surface area contributed by atoms with Gasteiger partial charge in [-0.2, -0.15) is 11.8 Å². The quantitative estimate of drug-likeness (QED) is 0.592. The van der Waals surface area contributed by atoms with Gasteiger partial charge in [0, 0.05) is 19.0 Å². The molecule has 0 aromatic heterocycles. The van der Waals surface area contributed by atoms with E-state index < -0.39 is 0 Å². The highest BCUT2D eigenvalue weighted by Crippen LogP contribution is 2.14. The van der Waals surface area contributed by atoms with Crippen molar-refractivity contribution < 1.29 is 5.11 Å². The Hall–Kier alpha value is 0.270. The summed E-state index contributed by atoms with van der Waals surface area (Å²) in [6.45, 7) is 1.52. The molecule has 0 amide bonds. The van der Waals surface area contributed by atoms with Crippen molar-refractivity contribution in [3.63, 3.8) is 0 Å². The third-order valence-corrected chi connectivity index (χ3v) is 2.37. The molecular weight excluding hydrogens is 134 g/mol. The normalized spacial score (nSPS) is 35.3. The van der Waals surface area contributed by atoms with Crippen LogP contribution in [0.2, 0.25) is 0 Å². The molecule has 0 aromatic carbocycles. The number of hydrogen-bond donors (Lipinski definition) is 1. The van der Waals surface area contributed by atoms with Gasteiger partial charge >= 0.3 is 0 Å². The Morgan fingerprint density at radius 1 is 1.67 bits per heavy atom. The fraction of sp³-hybridized carbons (Fsp3) is 1.00. The first kappa shape index (κ1) is 7.38. The molecule has 53 valence electrons. The SMILES string of the molecule is CSCC1C[N]CC1O. The maximum atomic E-state index is 9.21. The highest BCUT2D eigenvalue weighted by Gasteiger charge is 2.24. The van der Waals surface area contributed by atoms with Gasteiger partial charge in [0.25, 0.3) is 0 Å². The second-order valence-electron chi connectivity index (χ2n) is 2.37. The van der Waals surface area contributed by atoms with E-state index in [0.29, 0.717) is 12.5 Å². The number of aliphatic hydroxyl groups is 1. The standard InChI is InChI=1S/C6H12NOS/c1-9-4-5-2-7-3-6(5)8/h5-6,8H,2-4H2,1H3. The van der Waals surface area contributed by atoms with Crippen LogP contribution >= 0.6 is 11.8 Å². The zero-order valence-electron chi connectivity index (χ0n) is 5.58. The lowest BCUT2D eigenvalue weighted by Gasteiger charge is -2.09. The van der Waals surface area contributed by atoms with Crippen LogP contribution in [0, 0.1) is 5.92 Å². The number of hydrogen-bond acceptors (Lipinski definition) is 2. The predicted octanol–water partition coefficient (Wildman–Crippen LogP) is -0.0555. The first-order chi connectivity index (χ1) is 4.34. The first-order valence-corrected chi connectivity index (χ1v) is 4.54. The fourth-order valence-corrected chi connectivity index (χ4v) is 1.78. The lowest BCUT2D eigenvalue weighted by atomic mass is 10.1. The summed E-state index contributed by atoms with van der Waals surface area (Å²) in [6.07, 6.45) is 1.91. The van der Waals surface area contributed by atoms with Gasteiger partial charge in [-0.3, -0.25) is 0 Å². The predicted molar refractivity (Wildman–Crippen MR) is 39.7 cm³/mol. The fourth-order valence-electron chi connectivity index (χ4n) is 1.02. The topological polar surface area (TPSA) is 34.3 Å². The second kappa shape index (κ2) is 3.44. The number of aliphatic hydroxyl groups excluding tert-OH is 1. The lowest BCUT2D eigenvalue weighted by Crippen LogP contribution is -2.19. The van der Waals surface area contributed by atoms with E-state index in [9.17, 15) is 5.11 Å². The van der Waals surface area contributed by atoms with E-state index in [-0.39, 0.29) is 6.10 Å². The molecule has 1 aliphatic rings. The molecule has 0 bridgehead atoms. The summed E-state index contributed by atoms with van der Waals surface area (Å²) in [6, 6.07) is 0. The Bertz CT molecular complexity index is 89.1. The van der Waals surface area contributed by atoms with Crippen LogP contribution in [0.1, 0.15) is 0 Å². The van der Waals surface area contributed by atoms with Crippen molar-refractivity contribution in [2.75, 3.05) is 25.1 Å². The van der Waals surface area contributed by atoms with Gasteiger partial charge in [-0.05, 0) is 12.0 Å². The molecule has 1 heterocycles. The first-order valence-electron chi connectivity index (χ1n) is 3.15. The largest absolute Gasteiger partial charge is 0.391 e. The summed E-state index contributed by atoms with van der Waals surface area (Å²) >= 11 is 1.78. The summed E-state index contributed by atoms with van der Waals surface area (Å²) < 4.78 is 0. The Morgan fingerprint density at radius 3 is 2.89 bits per heavy atom. The molecule has 2 unspecified atom stereocenters. The van der Waals surface area contributed by atoms with Crippen LogP contribution in [0.5, 0.6) is 0 Å². The van der Waals surface area contributed by atoms with Gasteiger partial charge in [-0.15, -0.1) is 0 Å². The van der Waals surface area contributed by atoms with E-state index in [4.69, 9.17) is 0 Å². The van der Waals surface area contributed by atoms with Crippen LogP contribution in [0.15, 0.2) is 0 Å². The Morgan fingerprint density at radius 2 is 2.44 bits per heavy atom. The molecule has 0 spiro atoms. The number of nitrogens with zero attached hydrogens (tertiary/aromatic N) is 1. The lowest BCUT2D eigenvalue weighted by molar-refractivity contribution is 0.158. The third-order valence-electron chi connectivity index (χ3n) is 1.60. The van der Waals surface area contributed by atoms with Crippen molar-refractivity contribution in [3.8, 4) is 0 Å². The van der Waals surface area contributed by atoms with E-state index >= 15 is 0 Å². The van der Waals surface area contributed by atoms with Crippen molar-refractivity contribution in [1.29, 1.82) is 0 Å². The minimum absolute atomic E-state index is 0.155. The molecule has 0 saturated carbocycles. The molecule has 2 atom stereocenters. The minimum atomic E-state index is -0.155. The maximum absolute atomic E-state index is 9.21. The monoisotopic (exact) mass is 146 g/mol. The zero-order valence-corrected chi connectivity index (χ0v) is 6.40. The van der Waals surface area contributed by atoms with Gasteiger partial charge in [0.1, 0.15) is 0 Å². The van der Waals surface area contributed by atoms with Gasteiger partial charge in [-0.1, -0.05) is 0 Å². The molecule has 2 nitrogen and oxygen atoms in total. The average molecular weight is 146 g/mol. The second-order valence-corrected chi connectivity index (χ2v) is 3.28. The Balaban J connectivity index is 2.22. The molecule has 9 heavy (non-hydrogen) atoms. The minimum Gasteiger partial charge on any atom is -0.391 e. The van der Waals surface area contributed by atoms with Gasteiger partial charge in [0.15, 0.2) is 0 Å². The molecule has 1 saturated heterocycles. The smallest absolute Gasteiger partial charge is 0.0730 e. The molecule has 3 heteroatoms. The molecule has 1 fully saturated rings. The molecular formula is C6H12NOS. The van der Waals surface area contributed by atoms with Crippen molar-refractivity contribution in [2.24, 2.45) is 5.92 Å². The Labute approximate surface area is 60.0 Å². The van der Waals surface area contributed by atoms with Crippen LogP contribution < -0.4 is 5.32 Å². The maximum Gasteiger partial charge on any atom is 0.0730 e. The van der Waals surface area contributed by atoms with Crippen LogP contribution in [0.25, 0.3) is 0 Å². The average Bonchev–Trinajstić information content (AvgIpc) is 2.18. The van der Waals surface area contributed by atoms with Crippen LogP contribution in [-0.4, -0.2) is 36.3 Å². The van der Waals surface area contributed by atoms with E-state index in [1.54, 1.807) is 11.8 Å².